The van der Waals surface area contributed by atoms with Gasteiger partial charge in [-0.2, -0.15) is 0 Å². The fourth-order valence-corrected chi connectivity index (χ4v) is 3.62. The van der Waals surface area contributed by atoms with Gasteiger partial charge >= 0.3 is 0 Å². The second-order valence-corrected chi connectivity index (χ2v) is 6.55. The van der Waals surface area contributed by atoms with Crippen molar-refractivity contribution in [1.82, 2.24) is 24.4 Å². The Morgan fingerprint density at radius 3 is 3.00 bits per heavy atom. The summed E-state index contributed by atoms with van der Waals surface area (Å²) in [6.07, 6.45) is 5.42. The zero-order valence-corrected chi connectivity index (χ0v) is 14.3. The Hall–Kier alpha value is -2.76. The van der Waals surface area contributed by atoms with Crippen LogP contribution in [0.1, 0.15) is 30.3 Å². The maximum atomic E-state index is 12.9. The molecule has 3 aromatic rings. The van der Waals surface area contributed by atoms with Crippen molar-refractivity contribution >= 4 is 16.9 Å². The van der Waals surface area contributed by atoms with Crippen molar-refractivity contribution in [3.05, 3.63) is 54.4 Å². The van der Waals surface area contributed by atoms with E-state index in [0.717, 1.165) is 48.5 Å². The van der Waals surface area contributed by atoms with Gasteiger partial charge in [-0.05, 0) is 38.0 Å². The smallest absolute Gasteiger partial charge is 0.242 e. The molecule has 128 valence electrons. The lowest BCUT2D eigenvalue weighted by Crippen LogP contribution is -2.41. The average Bonchev–Trinajstić information content (AvgIpc) is 2.98. The third-order valence-corrected chi connectivity index (χ3v) is 4.94. The summed E-state index contributed by atoms with van der Waals surface area (Å²) in [5.74, 6) is 1.31. The Balaban J connectivity index is 1.51. The number of nitrogens with zero attached hydrogens (tertiary/aromatic N) is 5. The first-order valence-corrected chi connectivity index (χ1v) is 8.68. The van der Waals surface area contributed by atoms with Crippen LogP contribution in [0.3, 0.4) is 0 Å². The van der Waals surface area contributed by atoms with Crippen LogP contribution in [-0.2, 0) is 11.3 Å². The average molecular weight is 335 g/mol. The lowest BCUT2D eigenvalue weighted by atomic mass is 9.94. The van der Waals surface area contributed by atoms with Crippen LogP contribution in [0.25, 0.3) is 11.0 Å². The summed E-state index contributed by atoms with van der Waals surface area (Å²) in [7, 11) is 0. The lowest BCUT2D eigenvalue weighted by Gasteiger charge is -2.32. The monoisotopic (exact) mass is 335 g/mol. The SMILES string of the molecule is Cc1nc2ccccc2n1CC(=O)N1CCCC(c2ccncn2)C1. The van der Waals surface area contributed by atoms with Crippen LogP contribution >= 0.6 is 0 Å². The van der Waals surface area contributed by atoms with Gasteiger partial charge in [-0.25, -0.2) is 15.0 Å². The summed E-state index contributed by atoms with van der Waals surface area (Å²) in [6, 6.07) is 9.90. The first kappa shape index (κ1) is 15.7. The summed E-state index contributed by atoms with van der Waals surface area (Å²) in [4.78, 5) is 27.7. The molecule has 6 nitrogen and oxygen atoms in total. The van der Waals surface area contributed by atoms with Crippen molar-refractivity contribution in [2.45, 2.75) is 32.2 Å². The first-order valence-electron chi connectivity index (χ1n) is 8.68. The highest BCUT2D eigenvalue weighted by molar-refractivity contribution is 5.81. The third kappa shape index (κ3) is 3.12. The van der Waals surface area contributed by atoms with Gasteiger partial charge in [-0.1, -0.05) is 12.1 Å². The van der Waals surface area contributed by atoms with E-state index in [0.29, 0.717) is 12.5 Å². The summed E-state index contributed by atoms with van der Waals surface area (Å²) >= 11 is 0. The van der Waals surface area contributed by atoms with E-state index in [2.05, 4.69) is 15.0 Å². The maximum Gasteiger partial charge on any atom is 0.242 e. The predicted octanol–water partition coefficient (Wildman–Crippen LogP) is 2.54. The molecule has 0 radical (unpaired) electrons. The third-order valence-electron chi connectivity index (χ3n) is 4.94. The number of aryl methyl sites for hydroxylation is 1. The number of carbonyl (C=O) groups excluding carboxylic acids is 1. The number of rotatable bonds is 3. The van der Waals surface area contributed by atoms with E-state index in [1.54, 1.807) is 12.5 Å². The van der Waals surface area contributed by atoms with Crippen LogP contribution in [0.15, 0.2) is 42.9 Å². The van der Waals surface area contributed by atoms with E-state index in [1.807, 2.05) is 46.7 Å². The van der Waals surface area contributed by atoms with Crippen molar-refractivity contribution in [1.29, 1.82) is 0 Å². The molecule has 3 heterocycles. The van der Waals surface area contributed by atoms with Gasteiger partial charge in [0.1, 0.15) is 18.7 Å². The molecule has 1 fully saturated rings. The molecule has 0 N–H and O–H groups in total. The van der Waals surface area contributed by atoms with Crippen molar-refractivity contribution in [2.75, 3.05) is 13.1 Å². The van der Waals surface area contributed by atoms with Gasteiger partial charge in [-0.15, -0.1) is 0 Å². The van der Waals surface area contributed by atoms with Crippen molar-refractivity contribution in [2.24, 2.45) is 0 Å². The van der Waals surface area contributed by atoms with Crippen LogP contribution in [-0.4, -0.2) is 43.4 Å². The van der Waals surface area contributed by atoms with Gasteiger partial charge in [0, 0.05) is 30.9 Å². The summed E-state index contributed by atoms with van der Waals surface area (Å²) in [5.41, 5.74) is 2.97. The maximum absolute atomic E-state index is 12.9. The quantitative estimate of drug-likeness (QED) is 0.738. The minimum atomic E-state index is 0.144. The molecule has 1 aliphatic rings. The molecule has 1 amide bonds. The Morgan fingerprint density at radius 1 is 1.28 bits per heavy atom. The van der Waals surface area contributed by atoms with Crippen LogP contribution in [0.2, 0.25) is 0 Å². The summed E-state index contributed by atoms with van der Waals surface area (Å²) in [5, 5.41) is 0. The first-order chi connectivity index (χ1) is 12.2. The molecule has 0 spiro atoms. The number of amides is 1. The van der Waals surface area contributed by atoms with E-state index >= 15 is 0 Å². The summed E-state index contributed by atoms with van der Waals surface area (Å²) < 4.78 is 2.01. The van der Waals surface area contributed by atoms with Gasteiger partial charge in [0.05, 0.1) is 11.0 Å². The number of para-hydroxylation sites is 2. The van der Waals surface area contributed by atoms with E-state index in [-0.39, 0.29) is 5.91 Å². The van der Waals surface area contributed by atoms with Crippen molar-refractivity contribution in [3.8, 4) is 0 Å². The molecule has 1 unspecified atom stereocenters. The predicted molar refractivity (Wildman–Crippen MR) is 95.1 cm³/mol. The van der Waals surface area contributed by atoms with Crippen LogP contribution in [0.4, 0.5) is 0 Å². The largest absolute Gasteiger partial charge is 0.340 e. The number of hydrogen-bond donors (Lipinski definition) is 0. The highest BCUT2D eigenvalue weighted by Crippen LogP contribution is 2.25. The second kappa shape index (κ2) is 6.63. The number of hydrogen-bond acceptors (Lipinski definition) is 4. The van der Waals surface area contributed by atoms with Gasteiger partial charge in [-0.3, -0.25) is 4.79 Å². The minimum absolute atomic E-state index is 0.144. The second-order valence-electron chi connectivity index (χ2n) is 6.55. The van der Waals surface area contributed by atoms with E-state index < -0.39 is 0 Å². The molecule has 0 aliphatic carbocycles. The molecule has 1 aromatic carbocycles. The van der Waals surface area contributed by atoms with E-state index in [4.69, 9.17) is 0 Å². The Kier molecular flexibility index (Phi) is 4.17. The molecule has 0 bridgehead atoms. The zero-order chi connectivity index (χ0) is 17.2. The molecule has 4 rings (SSSR count). The minimum Gasteiger partial charge on any atom is -0.340 e. The van der Waals surface area contributed by atoms with E-state index in [1.165, 1.54) is 0 Å². The Labute approximate surface area is 146 Å². The highest BCUT2D eigenvalue weighted by atomic mass is 16.2. The van der Waals surface area contributed by atoms with Crippen molar-refractivity contribution < 1.29 is 4.79 Å². The molecule has 1 saturated heterocycles. The number of imidazole rings is 1. The number of benzene rings is 1. The summed E-state index contributed by atoms with van der Waals surface area (Å²) in [6.45, 7) is 3.82. The zero-order valence-electron chi connectivity index (χ0n) is 14.3. The number of likely N-dealkylation sites (tertiary alicyclic amines) is 1. The topological polar surface area (TPSA) is 63.9 Å². The van der Waals surface area contributed by atoms with Gasteiger partial charge in [0.2, 0.25) is 5.91 Å². The molecular weight excluding hydrogens is 314 g/mol. The normalized spacial score (nSPS) is 17.8. The number of piperidine rings is 1. The number of fused-ring (bicyclic) bond motifs is 1. The lowest BCUT2D eigenvalue weighted by molar-refractivity contribution is -0.133. The molecule has 1 atom stereocenters. The van der Waals surface area contributed by atoms with Gasteiger partial charge in [0.15, 0.2) is 0 Å². The molecule has 25 heavy (non-hydrogen) atoms. The molecule has 6 heteroatoms. The van der Waals surface area contributed by atoms with Gasteiger partial charge in [0.25, 0.3) is 0 Å². The fraction of sp³-hybridized carbons (Fsp3) is 0.368. The Bertz CT molecular complexity index is 889. The highest BCUT2D eigenvalue weighted by Gasteiger charge is 2.26. The molecule has 1 aliphatic heterocycles. The molecular formula is C19H21N5O. The van der Waals surface area contributed by atoms with Crippen LogP contribution in [0.5, 0.6) is 0 Å². The van der Waals surface area contributed by atoms with Crippen LogP contribution < -0.4 is 0 Å². The van der Waals surface area contributed by atoms with Crippen LogP contribution in [0, 0.1) is 6.92 Å². The van der Waals surface area contributed by atoms with E-state index in [9.17, 15) is 4.79 Å². The number of carbonyl (C=O) groups is 1. The fourth-order valence-electron chi connectivity index (χ4n) is 3.62. The molecule has 2 aromatic heterocycles. The van der Waals surface area contributed by atoms with Gasteiger partial charge < -0.3 is 9.47 Å². The van der Waals surface area contributed by atoms with Crippen molar-refractivity contribution in [3.63, 3.8) is 0 Å². The Morgan fingerprint density at radius 2 is 2.16 bits per heavy atom. The number of aromatic nitrogens is 4. The standard InChI is InChI=1S/C19H21N5O/c1-14-22-17-6-2-3-7-18(17)24(14)12-19(25)23-10-4-5-15(11-23)16-8-9-20-13-21-16/h2-3,6-9,13,15H,4-5,10-12H2,1H3. The molecule has 0 saturated carbocycles.